The zero-order valence-electron chi connectivity index (χ0n) is 18.4. The van der Waals surface area contributed by atoms with Crippen molar-refractivity contribution in [2.75, 3.05) is 0 Å². The predicted octanol–water partition coefficient (Wildman–Crippen LogP) is 2.91. The van der Waals surface area contributed by atoms with Crippen molar-refractivity contribution >= 4 is 11.9 Å². The Morgan fingerprint density at radius 2 is 1.69 bits per heavy atom. The van der Waals surface area contributed by atoms with E-state index in [0.717, 1.165) is 32.1 Å². The first-order chi connectivity index (χ1) is 13.7. The standard InChI is InChI=1S/C23H40N2O4/c1-4-5-6-19(25-21(27)18(24)7-14(2)3)20(26)22(28)29-23-11-15-8-16(12-23)10-17(9-15)13-23/h14-20,26H,4-13,24H2,1-3H3,(H,25,27)/t15?,16?,17?,18-,19-,20?,23?/m0/s1. The molecular formula is C23H40N2O4. The average Bonchev–Trinajstić information content (AvgIpc) is 2.62. The molecule has 3 atom stereocenters. The van der Waals surface area contributed by atoms with Crippen LogP contribution in [0.2, 0.25) is 0 Å². The maximum absolute atomic E-state index is 12.9. The molecule has 1 unspecified atom stereocenters. The summed E-state index contributed by atoms with van der Waals surface area (Å²) >= 11 is 0. The molecule has 0 saturated heterocycles. The summed E-state index contributed by atoms with van der Waals surface area (Å²) in [6, 6.07) is -1.28. The van der Waals surface area contributed by atoms with Crippen LogP contribution in [0.25, 0.3) is 0 Å². The van der Waals surface area contributed by atoms with Gasteiger partial charge in [0.25, 0.3) is 0 Å². The van der Waals surface area contributed by atoms with Crippen LogP contribution in [-0.2, 0) is 14.3 Å². The molecule has 4 aliphatic rings. The van der Waals surface area contributed by atoms with Gasteiger partial charge in [-0.05, 0) is 75.0 Å². The molecular weight excluding hydrogens is 368 g/mol. The normalized spacial score (nSPS) is 33.4. The lowest BCUT2D eigenvalue weighted by Gasteiger charge is -2.55. The van der Waals surface area contributed by atoms with Crippen molar-refractivity contribution < 1.29 is 19.4 Å². The van der Waals surface area contributed by atoms with Gasteiger partial charge in [0, 0.05) is 0 Å². The first kappa shape index (κ1) is 22.5. The maximum Gasteiger partial charge on any atom is 0.337 e. The minimum atomic E-state index is -1.34. The number of aliphatic hydroxyl groups is 1. The summed E-state index contributed by atoms with van der Waals surface area (Å²) in [6.45, 7) is 6.07. The second-order valence-corrected chi connectivity index (χ2v) is 10.5. The van der Waals surface area contributed by atoms with Gasteiger partial charge in [0.1, 0.15) is 5.60 Å². The molecule has 4 saturated carbocycles. The lowest BCUT2D eigenvalue weighted by atomic mass is 9.54. The van der Waals surface area contributed by atoms with Crippen LogP contribution in [0.1, 0.15) is 85.0 Å². The Morgan fingerprint density at radius 1 is 1.14 bits per heavy atom. The van der Waals surface area contributed by atoms with Gasteiger partial charge in [-0.25, -0.2) is 4.79 Å². The van der Waals surface area contributed by atoms with Gasteiger partial charge in [0.05, 0.1) is 12.1 Å². The lowest BCUT2D eigenvalue weighted by molar-refractivity contribution is -0.196. The number of unbranched alkanes of at least 4 members (excludes halogenated alkanes) is 1. The molecule has 4 N–H and O–H groups in total. The Bertz CT molecular complexity index is 556. The number of ether oxygens (including phenoxy) is 1. The van der Waals surface area contributed by atoms with E-state index < -0.39 is 24.2 Å². The summed E-state index contributed by atoms with van der Waals surface area (Å²) < 4.78 is 6.01. The number of esters is 1. The first-order valence-electron chi connectivity index (χ1n) is 11.7. The smallest absolute Gasteiger partial charge is 0.337 e. The molecule has 0 heterocycles. The van der Waals surface area contributed by atoms with E-state index in [1.165, 1.54) is 19.3 Å². The zero-order valence-corrected chi connectivity index (χ0v) is 18.4. The molecule has 0 aromatic carbocycles. The van der Waals surface area contributed by atoms with Crippen molar-refractivity contribution in [3.63, 3.8) is 0 Å². The van der Waals surface area contributed by atoms with E-state index in [1.807, 2.05) is 20.8 Å². The van der Waals surface area contributed by atoms with Crippen LogP contribution in [0.5, 0.6) is 0 Å². The van der Waals surface area contributed by atoms with Gasteiger partial charge in [0.2, 0.25) is 5.91 Å². The predicted molar refractivity (Wildman–Crippen MR) is 112 cm³/mol. The molecule has 0 aliphatic heterocycles. The number of carbonyl (C=O) groups excluding carboxylic acids is 2. The number of aliphatic hydroxyl groups excluding tert-OH is 1. The van der Waals surface area contributed by atoms with Gasteiger partial charge in [0.15, 0.2) is 6.10 Å². The van der Waals surface area contributed by atoms with Crippen molar-refractivity contribution in [2.24, 2.45) is 29.4 Å². The molecule has 1 amide bonds. The second-order valence-electron chi connectivity index (χ2n) is 10.5. The van der Waals surface area contributed by atoms with Gasteiger partial charge >= 0.3 is 5.97 Å². The maximum atomic E-state index is 12.9. The van der Waals surface area contributed by atoms with Crippen molar-refractivity contribution in [2.45, 2.75) is 109 Å². The number of nitrogens with two attached hydrogens (primary N) is 1. The van der Waals surface area contributed by atoms with Crippen LogP contribution in [0.15, 0.2) is 0 Å². The molecule has 0 radical (unpaired) electrons. The first-order valence-corrected chi connectivity index (χ1v) is 11.7. The molecule has 4 fully saturated rings. The molecule has 6 heteroatoms. The highest BCUT2D eigenvalue weighted by Crippen LogP contribution is 2.57. The molecule has 4 aliphatic carbocycles. The number of nitrogens with one attached hydrogen (secondary N) is 1. The van der Waals surface area contributed by atoms with E-state index >= 15 is 0 Å². The lowest BCUT2D eigenvalue weighted by Crippen LogP contribution is -2.56. The van der Waals surface area contributed by atoms with Crippen LogP contribution in [0.3, 0.4) is 0 Å². The summed E-state index contributed by atoms with van der Waals surface area (Å²) in [6.07, 6.45) is 8.09. The summed E-state index contributed by atoms with van der Waals surface area (Å²) in [7, 11) is 0. The van der Waals surface area contributed by atoms with E-state index in [9.17, 15) is 14.7 Å². The molecule has 4 bridgehead atoms. The molecule has 0 aromatic heterocycles. The van der Waals surface area contributed by atoms with Gasteiger partial charge in [-0.2, -0.15) is 0 Å². The molecule has 29 heavy (non-hydrogen) atoms. The fourth-order valence-electron chi connectivity index (χ4n) is 6.23. The van der Waals surface area contributed by atoms with Crippen LogP contribution in [0.4, 0.5) is 0 Å². The fraction of sp³-hybridized carbons (Fsp3) is 0.913. The Morgan fingerprint density at radius 3 is 2.17 bits per heavy atom. The topological polar surface area (TPSA) is 102 Å². The van der Waals surface area contributed by atoms with E-state index in [2.05, 4.69) is 5.32 Å². The summed E-state index contributed by atoms with van der Waals surface area (Å²) in [5, 5.41) is 13.6. The Hall–Kier alpha value is -1.14. The number of carbonyl (C=O) groups is 2. The number of amides is 1. The summed E-state index contributed by atoms with van der Waals surface area (Å²) in [4.78, 5) is 25.4. The monoisotopic (exact) mass is 408 g/mol. The van der Waals surface area contributed by atoms with E-state index in [1.54, 1.807) is 0 Å². The molecule has 0 spiro atoms. The SMILES string of the molecule is CCCC[C@H](NC(=O)[C@@H](N)CC(C)C)C(O)C(=O)OC12CC3CC(CC(C3)C1)C2. The largest absolute Gasteiger partial charge is 0.457 e. The Kier molecular flexibility index (Phi) is 7.26. The Balaban J connectivity index is 1.61. The Labute approximate surface area is 175 Å². The third-order valence-electron chi connectivity index (χ3n) is 7.18. The van der Waals surface area contributed by atoms with Crippen LogP contribution < -0.4 is 11.1 Å². The molecule has 6 nitrogen and oxygen atoms in total. The highest BCUT2D eigenvalue weighted by molar-refractivity contribution is 5.83. The van der Waals surface area contributed by atoms with Gasteiger partial charge in [-0.1, -0.05) is 33.6 Å². The van der Waals surface area contributed by atoms with Gasteiger partial charge in [-0.15, -0.1) is 0 Å². The number of hydrogen-bond donors (Lipinski definition) is 3. The third-order valence-corrected chi connectivity index (χ3v) is 7.18. The van der Waals surface area contributed by atoms with Crippen LogP contribution >= 0.6 is 0 Å². The fourth-order valence-corrected chi connectivity index (χ4v) is 6.23. The molecule has 4 rings (SSSR count). The van der Waals surface area contributed by atoms with E-state index in [4.69, 9.17) is 10.5 Å². The van der Waals surface area contributed by atoms with Crippen molar-refractivity contribution in [3.05, 3.63) is 0 Å². The number of rotatable bonds is 10. The average molecular weight is 409 g/mol. The van der Waals surface area contributed by atoms with Gasteiger partial charge in [-0.3, -0.25) is 4.79 Å². The van der Waals surface area contributed by atoms with E-state index in [0.29, 0.717) is 36.5 Å². The third kappa shape index (κ3) is 5.52. The highest BCUT2D eigenvalue weighted by Gasteiger charge is 2.53. The quantitative estimate of drug-likeness (QED) is 0.483. The van der Waals surface area contributed by atoms with Crippen molar-refractivity contribution in [3.8, 4) is 0 Å². The zero-order chi connectivity index (χ0) is 21.2. The summed E-state index contributed by atoms with van der Waals surface area (Å²) in [5.74, 6) is 1.41. The minimum Gasteiger partial charge on any atom is -0.457 e. The van der Waals surface area contributed by atoms with Crippen LogP contribution in [0, 0.1) is 23.7 Å². The molecule has 0 aromatic rings. The molecule has 166 valence electrons. The second kappa shape index (κ2) is 9.34. The minimum absolute atomic E-state index is 0.302. The number of hydrogen-bond acceptors (Lipinski definition) is 5. The van der Waals surface area contributed by atoms with Crippen LogP contribution in [-0.4, -0.2) is 40.8 Å². The highest BCUT2D eigenvalue weighted by atomic mass is 16.6. The summed E-state index contributed by atoms with van der Waals surface area (Å²) in [5.41, 5.74) is 5.61. The van der Waals surface area contributed by atoms with Gasteiger partial charge < -0.3 is 20.9 Å². The van der Waals surface area contributed by atoms with Crippen molar-refractivity contribution in [1.82, 2.24) is 5.32 Å². The van der Waals surface area contributed by atoms with E-state index in [-0.39, 0.29) is 11.5 Å². The van der Waals surface area contributed by atoms with Crippen molar-refractivity contribution in [1.29, 1.82) is 0 Å².